The Morgan fingerprint density at radius 3 is 2.61 bits per heavy atom. The van der Waals surface area contributed by atoms with Gasteiger partial charge in [-0.1, -0.05) is 54.1 Å². The van der Waals surface area contributed by atoms with Crippen LogP contribution in [0.3, 0.4) is 0 Å². The highest BCUT2D eigenvalue weighted by Crippen LogP contribution is 2.35. The summed E-state index contributed by atoms with van der Waals surface area (Å²) >= 11 is 0. The predicted octanol–water partition coefficient (Wildman–Crippen LogP) is 3.79. The number of rotatable bonds is 7. The molecule has 2 aromatic rings. The summed E-state index contributed by atoms with van der Waals surface area (Å²) in [5, 5.41) is 2.93. The lowest BCUT2D eigenvalue weighted by atomic mass is 9.97. The molecule has 4 rings (SSSR count). The lowest BCUT2D eigenvalue weighted by molar-refractivity contribution is -0.127. The molecule has 1 heterocycles. The third-order valence-electron chi connectivity index (χ3n) is 5.69. The molecule has 1 amide bonds. The number of nitrogens with one attached hydrogen (secondary N) is 1. The molecular formula is C24H28N2O4S. The Morgan fingerprint density at radius 1 is 1.06 bits per heavy atom. The second-order valence-electron chi connectivity index (χ2n) is 8.00. The minimum atomic E-state index is -3.69. The Hall–Kier alpha value is -2.80. The van der Waals surface area contributed by atoms with E-state index in [0.29, 0.717) is 23.5 Å². The zero-order valence-corrected chi connectivity index (χ0v) is 18.3. The van der Waals surface area contributed by atoms with E-state index in [2.05, 4.69) is 11.4 Å². The minimum Gasteiger partial charge on any atom is -0.476 e. The van der Waals surface area contributed by atoms with Crippen molar-refractivity contribution >= 4 is 21.6 Å². The summed E-state index contributed by atoms with van der Waals surface area (Å²) in [6, 6.07) is 16.0. The van der Waals surface area contributed by atoms with Crippen molar-refractivity contribution in [1.29, 1.82) is 0 Å². The van der Waals surface area contributed by atoms with Gasteiger partial charge in [0.05, 0.1) is 18.0 Å². The van der Waals surface area contributed by atoms with Gasteiger partial charge in [0, 0.05) is 6.54 Å². The lowest BCUT2D eigenvalue weighted by Gasteiger charge is -2.34. The molecule has 0 saturated heterocycles. The van der Waals surface area contributed by atoms with E-state index in [-0.39, 0.29) is 18.2 Å². The molecule has 1 atom stereocenters. The maximum atomic E-state index is 13.2. The van der Waals surface area contributed by atoms with E-state index in [4.69, 9.17) is 4.74 Å². The summed E-state index contributed by atoms with van der Waals surface area (Å²) < 4.78 is 33.7. The highest BCUT2D eigenvalue weighted by atomic mass is 32.2. The first kappa shape index (κ1) is 21.4. The van der Waals surface area contributed by atoms with Crippen LogP contribution in [0.5, 0.6) is 5.75 Å². The summed E-state index contributed by atoms with van der Waals surface area (Å²) in [6.07, 6.45) is 6.84. The summed E-state index contributed by atoms with van der Waals surface area (Å²) in [7, 11) is -3.69. The molecule has 31 heavy (non-hydrogen) atoms. The van der Waals surface area contributed by atoms with Crippen molar-refractivity contribution < 1.29 is 17.9 Å². The topological polar surface area (TPSA) is 75.7 Å². The summed E-state index contributed by atoms with van der Waals surface area (Å²) in [6.45, 7) is 0.490. The quantitative estimate of drug-likeness (QED) is 0.665. The maximum Gasteiger partial charge on any atom is 0.263 e. The molecule has 0 unspecified atom stereocenters. The van der Waals surface area contributed by atoms with Crippen molar-refractivity contribution in [2.24, 2.45) is 0 Å². The van der Waals surface area contributed by atoms with Gasteiger partial charge in [0.1, 0.15) is 5.75 Å². The summed E-state index contributed by atoms with van der Waals surface area (Å²) in [5.41, 5.74) is 2.55. The number of ether oxygens (including phenoxy) is 1. The second-order valence-corrected chi connectivity index (χ2v) is 9.89. The van der Waals surface area contributed by atoms with Crippen LogP contribution in [0.25, 0.3) is 0 Å². The number of carbonyl (C=O) groups is 1. The van der Waals surface area contributed by atoms with E-state index in [0.717, 1.165) is 19.3 Å². The number of fused-ring (bicyclic) bond motifs is 1. The number of anilines is 1. The number of benzene rings is 2. The van der Waals surface area contributed by atoms with Crippen LogP contribution in [0.1, 0.15) is 37.7 Å². The fourth-order valence-electron chi connectivity index (χ4n) is 4.06. The van der Waals surface area contributed by atoms with Crippen LogP contribution in [0.4, 0.5) is 5.69 Å². The molecule has 0 spiro atoms. The lowest BCUT2D eigenvalue weighted by Crippen LogP contribution is -2.51. The van der Waals surface area contributed by atoms with Gasteiger partial charge in [-0.3, -0.25) is 9.10 Å². The molecule has 0 fully saturated rings. The van der Waals surface area contributed by atoms with Crippen LogP contribution in [-0.4, -0.2) is 33.5 Å². The van der Waals surface area contributed by atoms with Gasteiger partial charge in [0.15, 0.2) is 6.10 Å². The highest BCUT2D eigenvalue weighted by Gasteiger charge is 2.36. The maximum absolute atomic E-state index is 13.2. The highest BCUT2D eigenvalue weighted by molar-refractivity contribution is 7.92. The number of sulfonamides is 1. The minimum absolute atomic E-state index is 0.0410. The van der Waals surface area contributed by atoms with Crippen molar-refractivity contribution in [2.45, 2.75) is 44.0 Å². The third-order valence-corrected chi connectivity index (χ3v) is 7.40. The first-order valence-electron chi connectivity index (χ1n) is 10.8. The Labute approximate surface area is 184 Å². The average molecular weight is 441 g/mol. The van der Waals surface area contributed by atoms with Gasteiger partial charge in [-0.05, 0) is 49.8 Å². The number of amides is 1. The zero-order chi connectivity index (χ0) is 21.7. The summed E-state index contributed by atoms with van der Waals surface area (Å²) in [5.74, 6) is -0.0173. The third kappa shape index (κ3) is 5.28. The van der Waals surface area contributed by atoms with Gasteiger partial charge in [-0.25, -0.2) is 8.42 Å². The number of hydrogen-bond acceptors (Lipinski definition) is 4. The van der Waals surface area contributed by atoms with Gasteiger partial charge in [-0.15, -0.1) is 0 Å². The van der Waals surface area contributed by atoms with Crippen molar-refractivity contribution in [3.05, 3.63) is 71.8 Å². The number of nitrogens with zero attached hydrogens (tertiary/aromatic N) is 1. The molecule has 1 aliphatic heterocycles. The SMILES string of the molecule is O=C(NCCC1=CCCCC1)[C@@H]1CN(S(=O)(=O)Cc2ccccc2)c2ccccc2O1. The number of allylic oxidation sites excluding steroid dienone is 1. The molecule has 0 aromatic heterocycles. The normalized spacial score (nSPS) is 18.5. The summed E-state index contributed by atoms with van der Waals surface area (Å²) in [4.78, 5) is 12.8. The van der Waals surface area contributed by atoms with Crippen molar-refractivity contribution in [1.82, 2.24) is 5.32 Å². The molecule has 164 valence electrons. The predicted molar refractivity (Wildman–Crippen MR) is 121 cm³/mol. The zero-order valence-electron chi connectivity index (χ0n) is 17.5. The molecule has 1 N–H and O–H groups in total. The average Bonchev–Trinajstić information content (AvgIpc) is 2.79. The van der Waals surface area contributed by atoms with Crippen LogP contribution in [0, 0.1) is 0 Å². The molecule has 0 radical (unpaired) electrons. The Bertz CT molecular complexity index is 1050. The number of hydrogen-bond donors (Lipinski definition) is 1. The second kappa shape index (κ2) is 9.56. The monoisotopic (exact) mass is 440 g/mol. The van der Waals surface area contributed by atoms with E-state index in [1.54, 1.807) is 36.4 Å². The Morgan fingerprint density at radius 2 is 1.84 bits per heavy atom. The van der Waals surface area contributed by atoms with Crippen LogP contribution in [0.2, 0.25) is 0 Å². The smallest absolute Gasteiger partial charge is 0.263 e. The van der Waals surface area contributed by atoms with E-state index in [1.807, 2.05) is 18.2 Å². The van der Waals surface area contributed by atoms with Crippen molar-refractivity contribution in [2.75, 3.05) is 17.4 Å². The molecule has 1 aliphatic carbocycles. The van der Waals surface area contributed by atoms with Gasteiger partial charge >= 0.3 is 0 Å². The molecule has 0 bridgehead atoms. The Kier molecular flexibility index (Phi) is 6.61. The fraction of sp³-hybridized carbons (Fsp3) is 0.375. The van der Waals surface area contributed by atoms with Gasteiger partial charge in [0.2, 0.25) is 10.0 Å². The van der Waals surface area contributed by atoms with Gasteiger partial charge in [0.25, 0.3) is 5.91 Å². The van der Waals surface area contributed by atoms with E-state index in [1.165, 1.54) is 22.7 Å². The number of para-hydroxylation sites is 2. The molecule has 7 heteroatoms. The standard InChI is InChI=1S/C24H28N2O4S/c27-24(25-16-15-19-9-3-1-4-10-19)23-17-26(21-13-7-8-14-22(21)30-23)31(28,29)18-20-11-5-2-6-12-20/h2,5-9,11-14,23H,1,3-4,10,15-18H2,(H,25,27)/t23-/m0/s1. The number of carbonyl (C=O) groups excluding carboxylic acids is 1. The van der Waals surface area contributed by atoms with Crippen LogP contribution >= 0.6 is 0 Å². The Balaban J connectivity index is 1.47. The van der Waals surface area contributed by atoms with Crippen molar-refractivity contribution in [3.8, 4) is 5.75 Å². The van der Waals surface area contributed by atoms with E-state index in [9.17, 15) is 13.2 Å². The first-order valence-corrected chi connectivity index (χ1v) is 12.4. The van der Waals surface area contributed by atoms with Gasteiger partial charge in [-0.2, -0.15) is 0 Å². The van der Waals surface area contributed by atoms with E-state index >= 15 is 0 Å². The van der Waals surface area contributed by atoms with Crippen LogP contribution in [-0.2, 0) is 20.6 Å². The van der Waals surface area contributed by atoms with Crippen LogP contribution < -0.4 is 14.4 Å². The largest absolute Gasteiger partial charge is 0.476 e. The fourth-order valence-corrected chi connectivity index (χ4v) is 5.64. The molecule has 0 saturated carbocycles. The van der Waals surface area contributed by atoms with Crippen LogP contribution in [0.15, 0.2) is 66.2 Å². The molecule has 6 nitrogen and oxygen atoms in total. The first-order chi connectivity index (χ1) is 15.0. The van der Waals surface area contributed by atoms with Gasteiger partial charge < -0.3 is 10.1 Å². The molecular weight excluding hydrogens is 412 g/mol. The molecule has 2 aliphatic rings. The molecule has 2 aromatic carbocycles. The van der Waals surface area contributed by atoms with E-state index < -0.39 is 16.1 Å². The van der Waals surface area contributed by atoms with Crippen molar-refractivity contribution in [3.63, 3.8) is 0 Å².